The van der Waals surface area contributed by atoms with Crippen LogP contribution in [0.1, 0.15) is 25.7 Å². The summed E-state index contributed by atoms with van der Waals surface area (Å²) in [6.45, 7) is 4.20. The average Bonchev–Trinajstić information content (AvgIpc) is 3.03. The Hall–Kier alpha value is 0.160. The van der Waals surface area contributed by atoms with Crippen LogP contribution in [0.15, 0.2) is 12.2 Å². The van der Waals surface area contributed by atoms with Crippen LogP contribution < -0.4 is 0 Å². The number of halogens is 2. The third kappa shape index (κ3) is 3.49. The smallest absolute Gasteiger partial charge is 0.101 e. The summed E-state index contributed by atoms with van der Waals surface area (Å²) in [4.78, 5) is 4.59. The van der Waals surface area contributed by atoms with E-state index in [2.05, 4.69) is 22.0 Å². The Morgan fingerprint density at radius 1 is 0.650 bits per heavy atom. The predicted molar refractivity (Wildman–Crippen MR) is 84.8 cm³/mol. The Labute approximate surface area is 133 Å². The second kappa shape index (κ2) is 7.97. The summed E-state index contributed by atoms with van der Waals surface area (Å²) in [6.07, 6.45) is 7.80. The van der Waals surface area contributed by atoms with Crippen LogP contribution >= 0.6 is 24.8 Å². The molecular formula is C14H26Cl2N2O2. The van der Waals surface area contributed by atoms with E-state index in [4.69, 9.17) is 0 Å². The highest BCUT2D eigenvalue weighted by atomic mass is 35.5. The second-order valence-corrected chi connectivity index (χ2v) is 5.83. The van der Waals surface area contributed by atoms with Gasteiger partial charge in [-0.15, -0.1) is 24.8 Å². The van der Waals surface area contributed by atoms with Gasteiger partial charge in [-0.25, -0.2) is 0 Å². The van der Waals surface area contributed by atoms with E-state index in [9.17, 15) is 10.2 Å². The van der Waals surface area contributed by atoms with E-state index in [0.29, 0.717) is 0 Å². The van der Waals surface area contributed by atoms with Crippen molar-refractivity contribution in [3.8, 4) is 0 Å². The lowest BCUT2D eigenvalue weighted by molar-refractivity contribution is -0.0558. The third-order valence-electron chi connectivity index (χ3n) is 4.68. The van der Waals surface area contributed by atoms with Gasteiger partial charge in [-0.05, 0) is 51.9 Å². The molecule has 2 saturated heterocycles. The SMILES string of the molecule is Cl.Cl.O[C@@H]1[C@@H](O)[C@H](N2CCCC2)C=C[C@H]1N1CCCC1. The van der Waals surface area contributed by atoms with Gasteiger partial charge in [-0.3, -0.25) is 9.80 Å². The van der Waals surface area contributed by atoms with Crippen molar-refractivity contribution < 1.29 is 10.2 Å². The molecule has 0 aromatic carbocycles. The summed E-state index contributed by atoms with van der Waals surface area (Å²) in [7, 11) is 0. The fourth-order valence-corrected chi connectivity index (χ4v) is 3.61. The van der Waals surface area contributed by atoms with Crippen LogP contribution in [0, 0.1) is 0 Å². The van der Waals surface area contributed by atoms with E-state index < -0.39 is 12.2 Å². The molecule has 4 atom stereocenters. The maximum Gasteiger partial charge on any atom is 0.101 e. The number of hydrogen-bond donors (Lipinski definition) is 2. The molecule has 6 heteroatoms. The first-order chi connectivity index (χ1) is 8.77. The Balaban J connectivity index is 0.000001000. The van der Waals surface area contributed by atoms with E-state index in [0.717, 1.165) is 26.2 Å². The van der Waals surface area contributed by atoms with Crippen molar-refractivity contribution >= 4 is 24.8 Å². The van der Waals surface area contributed by atoms with E-state index >= 15 is 0 Å². The molecule has 2 heterocycles. The van der Waals surface area contributed by atoms with E-state index in [1.165, 1.54) is 25.7 Å². The van der Waals surface area contributed by atoms with Crippen LogP contribution in [-0.4, -0.2) is 70.5 Å². The average molecular weight is 325 g/mol. The maximum atomic E-state index is 10.4. The highest BCUT2D eigenvalue weighted by molar-refractivity contribution is 5.85. The number of aliphatic hydroxyl groups excluding tert-OH is 2. The zero-order valence-electron chi connectivity index (χ0n) is 11.7. The van der Waals surface area contributed by atoms with Crippen molar-refractivity contribution in [1.29, 1.82) is 0 Å². The largest absolute Gasteiger partial charge is 0.388 e. The van der Waals surface area contributed by atoms with Gasteiger partial charge in [0, 0.05) is 0 Å². The maximum absolute atomic E-state index is 10.4. The molecule has 118 valence electrons. The lowest BCUT2D eigenvalue weighted by atomic mass is 9.90. The monoisotopic (exact) mass is 324 g/mol. The quantitative estimate of drug-likeness (QED) is 0.745. The van der Waals surface area contributed by atoms with Gasteiger partial charge in [-0.1, -0.05) is 12.2 Å². The van der Waals surface area contributed by atoms with Crippen molar-refractivity contribution in [2.75, 3.05) is 26.2 Å². The zero-order valence-corrected chi connectivity index (χ0v) is 13.4. The van der Waals surface area contributed by atoms with Gasteiger partial charge in [0.15, 0.2) is 0 Å². The molecule has 0 bridgehead atoms. The number of likely N-dealkylation sites (tertiary alicyclic amines) is 2. The normalized spacial score (nSPS) is 38.5. The number of hydrogen-bond acceptors (Lipinski definition) is 4. The van der Waals surface area contributed by atoms with E-state index in [-0.39, 0.29) is 36.9 Å². The minimum absolute atomic E-state index is 0. The Morgan fingerprint density at radius 2 is 0.950 bits per heavy atom. The van der Waals surface area contributed by atoms with E-state index in [1.54, 1.807) is 0 Å². The first-order valence-electron chi connectivity index (χ1n) is 7.30. The predicted octanol–water partition coefficient (Wildman–Crippen LogP) is 1.05. The van der Waals surface area contributed by atoms with E-state index in [1.807, 2.05) is 0 Å². The van der Waals surface area contributed by atoms with Crippen molar-refractivity contribution in [3.05, 3.63) is 12.2 Å². The molecule has 2 N–H and O–H groups in total. The molecular weight excluding hydrogens is 299 g/mol. The standard InChI is InChI=1S/C14H24N2O2.2ClH/c17-13-11(15-7-1-2-8-15)5-6-12(14(13)18)16-9-3-4-10-16;;/h5-6,11-14,17-18H,1-4,7-10H2;2*1H/t11-,12-,13+,14+;;/m1../s1. The van der Waals surface area contributed by atoms with Gasteiger partial charge < -0.3 is 10.2 Å². The highest BCUT2D eigenvalue weighted by Gasteiger charge is 2.40. The van der Waals surface area contributed by atoms with Crippen molar-refractivity contribution in [2.24, 2.45) is 0 Å². The lowest BCUT2D eigenvalue weighted by Crippen LogP contribution is -2.56. The summed E-state index contributed by atoms with van der Waals surface area (Å²) in [5.74, 6) is 0. The summed E-state index contributed by atoms with van der Waals surface area (Å²) in [5.41, 5.74) is 0. The summed E-state index contributed by atoms with van der Waals surface area (Å²) < 4.78 is 0. The molecule has 20 heavy (non-hydrogen) atoms. The summed E-state index contributed by atoms with van der Waals surface area (Å²) in [6, 6.07) is 0.0303. The summed E-state index contributed by atoms with van der Waals surface area (Å²) >= 11 is 0. The number of aliphatic hydroxyl groups is 2. The van der Waals surface area contributed by atoms with Gasteiger partial charge in [-0.2, -0.15) is 0 Å². The zero-order chi connectivity index (χ0) is 12.5. The van der Waals surface area contributed by atoms with Gasteiger partial charge in [0.05, 0.1) is 12.1 Å². The Bertz CT molecular complexity index is 288. The van der Waals surface area contributed by atoms with Crippen molar-refractivity contribution in [2.45, 2.75) is 50.0 Å². The Morgan fingerprint density at radius 3 is 1.25 bits per heavy atom. The van der Waals surface area contributed by atoms with Crippen LogP contribution in [0.25, 0.3) is 0 Å². The minimum atomic E-state index is -0.640. The molecule has 0 radical (unpaired) electrons. The number of nitrogens with zero attached hydrogens (tertiary/aromatic N) is 2. The molecule has 0 amide bonds. The Kier molecular flexibility index (Phi) is 7.25. The number of rotatable bonds is 2. The third-order valence-corrected chi connectivity index (χ3v) is 4.68. The summed E-state index contributed by atoms with van der Waals surface area (Å²) in [5, 5.41) is 20.7. The van der Waals surface area contributed by atoms with Crippen LogP contribution in [0.3, 0.4) is 0 Å². The van der Waals surface area contributed by atoms with Crippen LogP contribution in [0.4, 0.5) is 0 Å². The van der Waals surface area contributed by atoms with Gasteiger partial charge in [0.25, 0.3) is 0 Å². The van der Waals surface area contributed by atoms with Crippen molar-refractivity contribution in [3.63, 3.8) is 0 Å². The first-order valence-corrected chi connectivity index (χ1v) is 7.30. The van der Waals surface area contributed by atoms with Crippen LogP contribution in [0.2, 0.25) is 0 Å². The molecule has 0 aromatic rings. The fourth-order valence-electron chi connectivity index (χ4n) is 3.61. The molecule has 2 fully saturated rings. The molecule has 0 unspecified atom stereocenters. The molecule has 0 aromatic heterocycles. The second-order valence-electron chi connectivity index (χ2n) is 5.83. The molecule has 0 saturated carbocycles. The highest BCUT2D eigenvalue weighted by Crippen LogP contribution is 2.26. The molecule has 3 rings (SSSR count). The fraction of sp³-hybridized carbons (Fsp3) is 0.857. The minimum Gasteiger partial charge on any atom is -0.388 e. The molecule has 3 aliphatic rings. The molecule has 4 nitrogen and oxygen atoms in total. The molecule has 2 aliphatic heterocycles. The van der Waals surface area contributed by atoms with Crippen molar-refractivity contribution in [1.82, 2.24) is 9.80 Å². The van der Waals surface area contributed by atoms with Crippen LogP contribution in [-0.2, 0) is 0 Å². The van der Waals surface area contributed by atoms with Gasteiger partial charge >= 0.3 is 0 Å². The van der Waals surface area contributed by atoms with Crippen LogP contribution in [0.5, 0.6) is 0 Å². The van der Waals surface area contributed by atoms with Gasteiger partial charge in [0.1, 0.15) is 12.2 Å². The molecule has 0 spiro atoms. The lowest BCUT2D eigenvalue weighted by Gasteiger charge is -2.40. The topological polar surface area (TPSA) is 46.9 Å². The first kappa shape index (κ1) is 18.2. The van der Waals surface area contributed by atoms with Gasteiger partial charge in [0.2, 0.25) is 0 Å². The molecule has 1 aliphatic carbocycles.